The van der Waals surface area contributed by atoms with Crippen LogP contribution in [0.3, 0.4) is 0 Å². The molecule has 16 heavy (non-hydrogen) atoms. The van der Waals surface area contributed by atoms with E-state index >= 15 is 0 Å². The van der Waals surface area contributed by atoms with Crippen LogP contribution in [-0.2, 0) is 19.5 Å². The van der Waals surface area contributed by atoms with Crippen LogP contribution in [0.5, 0.6) is 5.75 Å². The minimum absolute atomic E-state index is 0. The van der Waals surface area contributed by atoms with E-state index < -0.39 is 5.97 Å². The Morgan fingerprint density at radius 1 is 1.25 bits per heavy atom. The van der Waals surface area contributed by atoms with Crippen molar-refractivity contribution in [3.63, 3.8) is 0 Å². The van der Waals surface area contributed by atoms with Gasteiger partial charge in [0.05, 0.1) is 12.7 Å². The summed E-state index contributed by atoms with van der Waals surface area (Å²) in [4.78, 5) is 11.0. The zero-order valence-corrected chi connectivity index (χ0v) is 11.9. The van der Waals surface area contributed by atoms with Crippen molar-refractivity contribution in [3.05, 3.63) is 42.0 Å². The summed E-state index contributed by atoms with van der Waals surface area (Å²) in [6, 6.07) is 10.7. The SMILES string of the molecule is COc1cc(C(=O)O)c2ccccc2c1.[Zn]. The summed E-state index contributed by atoms with van der Waals surface area (Å²) in [6.45, 7) is 0. The third-order valence-electron chi connectivity index (χ3n) is 2.30. The number of hydrogen-bond acceptors (Lipinski definition) is 2. The van der Waals surface area contributed by atoms with Crippen LogP contribution in [0, 0.1) is 0 Å². The maximum absolute atomic E-state index is 11.0. The van der Waals surface area contributed by atoms with Crippen molar-refractivity contribution < 1.29 is 34.1 Å². The molecule has 0 heterocycles. The number of fused-ring (bicyclic) bond motifs is 1. The molecule has 0 atom stereocenters. The van der Waals surface area contributed by atoms with Crippen molar-refractivity contribution in [2.24, 2.45) is 0 Å². The van der Waals surface area contributed by atoms with E-state index in [0.717, 1.165) is 10.8 Å². The Balaban J connectivity index is 0.00000128. The summed E-state index contributed by atoms with van der Waals surface area (Å²) in [5.74, 6) is -0.379. The molecular weight excluding hydrogens is 258 g/mol. The largest absolute Gasteiger partial charge is 0.497 e. The first-order valence-electron chi connectivity index (χ1n) is 4.52. The smallest absolute Gasteiger partial charge is 0.336 e. The van der Waals surface area contributed by atoms with Crippen LogP contribution in [0.2, 0.25) is 0 Å². The molecule has 0 saturated heterocycles. The van der Waals surface area contributed by atoms with Gasteiger partial charge in [-0.1, -0.05) is 24.3 Å². The van der Waals surface area contributed by atoms with E-state index in [9.17, 15) is 4.79 Å². The predicted octanol–water partition coefficient (Wildman–Crippen LogP) is 2.54. The molecule has 3 nitrogen and oxygen atoms in total. The van der Waals surface area contributed by atoms with E-state index in [4.69, 9.17) is 9.84 Å². The Kier molecular flexibility index (Phi) is 4.02. The number of methoxy groups -OCH3 is 1. The number of aromatic carboxylic acids is 1. The molecule has 2 aromatic carbocycles. The molecule has 0 bridgehead atoms. The van der Waals surface area contributed by atoms with E-state index in [0.29, 0.717) is 5.75 Å². The van der Waals surface area contributed by atoms with Crippen LogP contribution in [0.25, 0.3) is 10.8 Å². The molecule has 4 heteroatoms. The number of hydrogen-bond donors (Lipinski definition) is 1. The molecule has 0 radical (unpaired) electrons. The molecule has 2 aromatic rings. The molecule has 0 fully saturated rings. The Bertz CT molecular complexity index is 523. The summed E-state index contributed by atoms with van der Waals surface area (Å²) in [6.07, 6.45) is 0. The molecule has 0 aliphatic heterocycles. The van der Waals surface area contributed by atoms with Gasteiger partial charge < -0.3 is 9.84 Å². The summed E-state index contributed by atoms with van der Waals surface area (Å²) in [5.41, 5.74) is 0.268. The molecule has 2 rings (SSSR count). The number of ether oxygens (including phenoxy) is 1. The maximum Gasteiger partial charge on any atom is 0.336 e. The fourth-order valence-corrected chi connectivity index (χ4v) is 1.58. The van der Waals surface area contributed by atoms with Gasteiger partial charge in [-0.2, -0.15) is 0 Å². The minimum Gasteiger partial charge on any atom is -0.497 e. The number of carbonyl (C=O) groups is 1. The van der Waals surface area contributed by atoms with Gasteiger partial charge in [-0.15, -0.1) is 0 Å². The maximum atomic E-state index is 11.0. The van der Waals surface area contributed by atoms with Crippen molar-refractivity contribution in [1.29, 1.82) is 0 Å². The van der Waals surface area contributed by atoms with Crippen LogP contribution in [0.15, 0.2) is 36.4 Å². The van der Waals surface area contributed by atoms with Gasteiger partial charge >= 0.3 is 5.97 Å². The fourth-order valence-electron chi connectivity index (χ4n) is 1.58. The standard InChI is InChI=1S/C12H10O3.Zn/c1-15-9-6-8-4-2-3-5-10(8)11(7-9)12(13)14;/h2-7H,1H3,(H,13,14);. The van der Waals surface area contributed by atoms with Gasteiger partial charge in [-0.25, -0.2) is 4.79 Å². The molecule has 0 aliphatic rings. The van der Waals surface area contributed by atoms with Crippen molar-refractivity contribution in [2.75, 3.05) is 7.11 Å². The Labute approximate surface area is 106 Å². The Morgan fingerprint density at radius 3 is 2.56 bits per heavy atom. The average Bonchev–Trinajstić information content (AvgIpc) is 2.27. The van der Waals surface area contributed by atoms with E-state index in [1.807, 2.05) is 24.3 Å². The first-order chi connectivity index (χ1) is 7.22. The number of carboxylic acids is 1. The third kappa shape index (κ3) is 2.22. The Hall–Kier alpha value is -1.41. The van der Waals surface area contributed by atoms with E-state index in [1.54, 1.807) is 6.07 Å². The second kappa shape index (κ2) is 5.08. The molecule has 0 aromatic heterocycles. The van der Waals surface area contributed by atoms with Gasteiger partial charge in [0.25, 0.3) is 0 Å². The Morgan fingerprint density at radius 2 is 1.94 bits per heavy atom. The van der Waals surface area contributed by atoms with E-state index in [-0.39, 0.29) is 25.0 Å². The van der Waals surface area contributed by atoms with Gasteiger partial charge in [0.2, 0.25) is 0 Å². The van der Waals surface area contributed by atoms with Gasteiger partial charge in [0.15, 0.2) is 0 Å². The summed E-state index contributed by atoms with van der Waals surface area (Å²) >= 11 is 0. The normalized spacial score (nSPS) is 9.56. The minimum atomic E-state index is -0.940. The van der Waals surface area contributed by atoms with E-state index in [1.165, 1.54) is 13.2 Å². The van der Waals surface area contributed by atoms with Crippen LogP contribution < -0.4 is 4.74 Å². The first kappa shape index (κ1) is 12.7. The molecule has 78 valence electrons. The van der Waals surface area contributed by atoms with Crippen LogP contribution >= 0.6 is 0 Å². The molecule has 1 N–H and O–H groups in total. The zero-order chi connectivity index (χ0) is 10.8. The number of benzene rings is 2. The van der Waals surface area contributed by atoms with Crippen molar-refractivity contribution in [3.8, 4) is 5.75 Å². The quantitative estimate of drug-likeness (QED) is 0.851. The van der Waals surface area contributed by atoms with Crippen molar-refractivity contribution in [2.45, 2.75) is 0 Å². The molecule has 0 aliphatic carbocycles. The van der Waals surface area contributed by atoms with Crippen molar-refractivity contribution in [1.82, 2.24) is 0 Å². The summed E-state index contributed by atoms with van der Waals surface area (Å²) in [5, 5.41) is 10.6. The van der Waals surface area contributed by atoms with Crippen LogP contribution in [0.1, 0.15) is 10.4 Å². The molecular formula is C12H10O3Zn. The van der Waals surface area contributed by atoms with Gasteiger partial charge in [0.1, 0.15) is 5.75 Å². The summed E-state index contributed by atoms with van der Waals surface area (Å²) in [7, 11) is 1.52. The molecule has 0 saturated carbocycles. The second-order valence-corrected chi connectivity index (χ2v) is 3.20. The predicted molar refractivity (Wildman–Crippen MR) is 57.5 cm³/mol. The monoisotopic (exact) mass is 266 g/mol. The summed E-state index contributed by atoms with van der Waals surface area (Å²) < 4.78 is 5.05. The first-order valence-corrected chi connectivity index (χ1v) is 4.52. The van der Waals surface area contributed by atoms with E-state index in [2.05, 4.69) is 0 Å². The van der Waals surface area contributed by atoms with Gasteiger partial charge in [-0.3, -0.25) is 0 Å². The van der Waals surface area contributed by atoms with Crippen LogP contribution in [-0.4, -0.2) is 18.2 Å². The van der Waals surface area contributed by atoms with Crippen molar-refractivity contribution >= 4 is 16.7 Å². The number of rotatable bonds is 2. The molecule has 0 spiro atoms. The van der Waals surface area contributed by atoms with Crippen LogP contribution in [0.4, 0.5) is 0 Å². The average molecular weight is 268 g/mol. The molecule has 0 unspecified atom stereocenters. The number of carboxylic acid groups (broad SMARTS) is 1. The van der Waals surface area contributed by atoms with Gasteiger partial charge in [0, 0.05) is 19.5 Å². The third-order valence-corrected chi connectivity index (χ3v) is 2.30. The fraction of sp³-hybridized carbons (Fsp3) is 0.0833. The molecule has 0 amide bonds. The zero-order valence-electron chi connectivity index (χ0n) is 8.93. The second-order valence-electron chi connectivity index (χ2n) is 3.20. The van der Waals surface area contributed by atoms with Gasteiger partial charge in [-0.05, 0) is 22.9 Å². The topological polar surface area (TPSA) is 46.5 Å².